The Labute approximate surface area is 109 Å². The third-order valence-electron chi connectivity index (χ3n) is 4.65. The smallest absolute Gasteiger partial charge is 0.146 e. The molecule has 3 rings (SSSR count). The molecule has 2 aliphatic heterocycles. The molecule has 1 saturated carbocycles. The first-order chi connectivity index (χ1) is 8.36. The van der Waals surface area contributed by atoms with Crippen LogP contribution in [0.5, 0.6) is 0 Å². The standard InChI is InChI=1S/C14H23N3O/c1-9(18)10-7-14(12-15-5-6-16-12)8-11(14)17(10)13(2,3)4/h10-11H,5-8H2,1-4H3,(H,15,16)/t10-,11+,14+/m0/s1. The van der Waals surface area contributed by atoms with Crippen LogP contribution in [0, 0.1) is 5.41 Å². The Balaban J connectivity index is 1.91. The Kier molecular flexibility index (Phi) is 2.40. The maximum Gasteiger partial charge on any atom is 0.146 e. The van der Waals surface area contributed by atoms with Crippen LogP contribution >= 0.6 is 0 Å². The van der Waals surface area contributed by atoms with Crippen molar-refractivity contribution in [2.24, 2.45) is 10.4 Å². The van der Waals surface area contributed by atoms with Gasteiger partial charge < -0.3 is 5.32 Å². The van der Waals surface area contributed by atoms with E-state index in [-0.39, 0.29) is 17.0 Å². The number of likely N-dealkylation sites (tertiary alicyclic amines) is 1. The molecular formula is C14H23N3O. The Morgan fingerprint density at radius 2 is 2.17 bits per heavy atom. The van der Waals surface area contributed by atoms with Crippen molar-refractivity contribution in [3.05, 3.63) is 0 Å². The minimum atomic E-state index is 0.0540. The van der Waals surface area contributed by atoms with E-state index in [1.165, 1.54) is 12.3 Å². The van der Waals surface area contributed by atoms with Crippen molar-refractivity contribution in [1.29, 1.82) is 0 Å². The number of rotatable bonds is 2. The van der Waals surface area contributed by atoms with Gasteiger partial charge in [0.25, 0.3) is 0 Å². The Bertz CT molecular complexity index is 423. The van der Waals surface area contributed by atoms with Crippen molar-refractivity contribution < 1.29 is 4.79 Å². The molecule has 0 aromatic rings. The van der Waals surface area contributed by atoms with Crippen molar-refractivity contribution in [2.75, 3.05) is 13.1 Å². The van der Waals surface area contributed by atoms with E-state index in [1.54, 1.807) is 6.92 Å². The van der Waals surface area contributed by atoms with Crippen LogP contribution in [0.4, 0.5) is 0 Å². The first-order valence-corrected chi connectivity index (χ1v) is 6.94. The Hall–Kier alpha value is -0.900. The molecule has 0 aromatic carbocycles. The van der Waals surface area contributed by atoms with Gasteiger partial charge in [0.15, 0.2) is 0 Å². The Morgan fingerprint density at radius 3 is 2.61 bits per heavy atom. The van der Waals surface area contributed by atoms with Gasteiger partial charge in [-0.3, -0.25) is 14.7 Å². The number of amidine groups is 1. The number of hydrogen-bond donors (Lipinski definition) is 1. The number of nitrogens with one attached hydrogen (secondary N) is 1. The second-order valence-electron chi connectivity index (χ2n) is 6.94. The molecule has 0 aromatic heterocycles. The molecular weight excluding hydrogens is 226 g/mol. The average Bonchev–Trinajstić information content (AvgIpc) is 2.70. The van der Waals surface area contributed by atoms with Crippen LogP contribution in [0.1, 0.15) is 40.5 Å². The number of hydrogen-bond acceptors (Lipinski definition) is 4. The zero-order valence-corrected chi connectivity index (χ0v) is 11.8. The summed E-state index contributed by atoms with van der Waals surface area (Å²) in [6.07, 6.45) is 2.12. The quantitative estimate of drug-likeness (QED) is 0.800. The highest BCUT2D eigenvalue weighted by Gasteiger charge is 2.69. The minimum absolute atomic E-state index is 0.0540. The first kappa shape index (κ1) is 12.2. The molecule has 100 valence electrons. The highest BCUT2D eigenvalue weighted by molar-refractivity contribution is 5.95. The Morgan fingerprint density at radius 1 is 1.44 bits per heavy atom. The van der Waals surface area contributed by atoms with E-state index in [4.69, 9.17) is 0 Å². The summed E-state index contributed by atoms with van der Waals surface area (Å²) in [7, 11) is 0. The average molecular weight is 249 g/mol. The SMILES string of the molecule is CC(=O)[C@@H]1C[C@@]2(C3=NCCN3)C[C@H]2N1C(C)(C)C. The lowest BCUT2D eigenvalue weighted by Gasteiger charge is -2.37. The summed E-state index contributed by atoms with van der Waals surface area (Å²) < 4.78 is 0. The number of carbonyl (C=O) groups is 1. The monoisotopic (exact) mass is 249 g/mol. The minimum Gasteiger partial charge on any atom is -0.371 e. The molecule has 3 aliphatic rings. The molecule has 1 N–H and O–H groups in total. The normalized spacial score (nSPS) is 39.2. The molecule has 0 radical (unpaired) electrons. The number of aliphatic imine (C=N–C) groups is 1. The van der Waals surface area contributed by atoms with E-state index in [1.807, 2.05) is 0 Å². The molecule has 4 nitrogen and oxygen atoms in total. The van der Waals surface area contributed by atoms with Gasteiger partial charge in [0.2, 0.25) is 0 Å². The molecule has 4 heteroatoms. The van der Waals surface area contributed by atoms with Crippen LogP contribution in [0.15, 0.2) is 4.99 Å². The molecule has 1 aliphatic carbocycles. The van der Waals surface area contributed by atoms with Gasteiger partial charge in [-0.25, -0.2) is 0 Å². The number of fused-ring (bicyclic) bond motifs is 1. The predicted octanol–water partition coefficient (Wildman–Crippen LogP) is 1.21. The number of piperidine rings is 1. The summed E-state index contributed by atoms with van der Waals surface area (Å²) in [5.41, 5.74) is 0.221. The van der Waals surface area contributed by atoms with E-state index in [9.17, 15) is 4.79 Å². The highest BCUT2D eigenvalue weighted by Crippen LogP contribution is 2.62. The van der Waals surface area contributed by atoms with Crippen LogP contribution in [0.2, 0.25) is 0 Å². The molecule has 3 atom stereocenters. The third kappa shape index (κ3) is 1.54. The van der Waals surface area contributed by atoms with Gasteiger partial charge in [0, 0.05) is 23.5 Å². The largest absolute Gasteiger partial charge is 0.371 e. The summed E-state index contributed by atoms with van der Waals surface area (Å²) in [5.74, 6) is 1.47. The summed E-state index contributed by atoms with van der Waals surface area (Å²) in [6, 6.07) is 0.588. The molecule has 0 bridgehead atoms. The number of carbonyl (C=O) groups excluding carboxylic acids is 1. The zero-order chi connectivity index (χ0) is 13.1. The lowest BCUT2D eigenvalue weighted by Crippen LogP contribution is -2.49. The van der Waals surface area contributed by atoms with Gasteiger partial charge >= 0.3 is 0 Å². The number of nitrogens with zero attached hydrogens (tertiary/aromatic N) is 2. The van der Waals surface area contributed by atoms with E-state index in [0.717, 1.165) is 19.5 Å². The van der Waals surface area contributed by atoms with Crippen LogP contribution in [-0.4, -0.2) is 47.2 Å². The van der Waals surface area contributed by atoms with Crippen molar-refractivity contribution in [3.8, 4) is 0 Å². The molecule has 0 amide bonds. The van der Waals surface area contributed by atoms with E-state index in [0.29, 0.717) is 11.8 Å². The molecule has 0 unspecified atom stereocenters. The maximum absolute atomic E-state index is 11.9. The lowest BCUT2D eigenvalue weighted by atomic mass is 9.95. The van der Waals surface area contributed by atoms with Gasteiger partial charge in [-0.1, -0.05) is 0 Å². The highest BCUT2D eigenvalue weighted by atomic mass is 16.1. The fourth-order valence-corrected chi connectivity index (χ4v) is 3.89. The van der Waals surface area contributed by atoms with Gasteiger partial charge in [-0.15, -0.1) is 0 Å². The molecule has 0 spiro atoms. The summed E-state index contributed by atoms with van der Waals surface area (Å²) in [5, 5.41) is 3.42. The topological polar surface area (TPSA) is 44.7 Å². The summed E-state index contributed by atoms with van der Waals surface area (Å²) in [6.45, 7) is 10.2. The fraction of sp³-hybridized carbons (Fsp3) is 0.857. The zero-order valence-electron chi connectivity index (χ0n) is 11.8. The summed E-state index contributed by atoms with van der Waals surface area (Å²) >= 11 is 0. The van der Waals surface area contributed by atoms with E-state index in [2.05, 4.69) is 36.0 Å². The number of Topliss-reactive ketones (excluding diaryl/α,β-unsaturated/α-hetero) is 1. The van der Waals surface area contributed by atoms with Crippen LogP contribution < -0.4 is 5.32 Å². The van der Waals surface area contributed by atoms with Crippen molar-refractivity contribution in [3.63, 3.8) is 0 Å². The van der Waals surface area contributed by atoms with Gasteiger partial charge in [0.1, 0.15) is 11.6 Å². The van der Waals surface area contributed by atoms with Crippen LogP contribution in [0.3, 0.4) is 0 Å². The maximum atomic E-state index is 11.9. The first-order valence-electron chi connectivity index (χ1n) is 6.94. The van der Waals surface area contributed by atoms with Crippen LogP contribution in [-0.2, 0) is 4.79 Å². The number of ketones is 1. The third-order valence-corrected chi connectivity index (χ3v) is 4.65. The van der Waals surface area contributed by atoms with Crippen LogP contribution in [0.25, 0.3) is 0 Å². The van der Waals surface area contributed by atoms with Crippen molar-refractivity contribution in [2.45, 2.75) is 58.2 Å². The predicted molar refractivity (Wildman–Crippen MR) is 71.8 cm³/mol. The molecule has 2 fully saturated rings. The molecule has 2 heterocycles. The lowest BCUT2D eigenvalue weighted by molar-refractivity contribution is -0.123. The van der Waals surface area contributed by atoms with Gasteiger partial charge in [0.05, 0.1) is 12.6 Å². The van der Waals surface area contributed by atoms with Crippen molar-refractivity contribution in [1.82, 2.24) is 10.2 Å². The van der Waals surface area contributed by atoms with Crippen molar-refractivity contribution >= 4 is 11.6 Å². The van der Waals surface area contributed by atoms with Gasteiger partial charge in [-0.05, 0) is 40.5 Å². The summed E-state index contributed by atoms with van der Waals surface area (Å²) in [4.78, 5) is 19.0. The van der Waals surface area contributed by atoms with E-state index >= 15 is 0 Å². The van der Waals surface area contributed by atoms with E-state index < -0.39 is 0 Å². The second kappa shape index (κ2) is 3.56. The fourth-order valence-electron chi connectivity index (χ4n) is 3.89. The van der Waals surface area contributed by atoms with Gasteiger partial charge in [-0.2, -0.15) is 0 Å². The molecule has 1 saturated heterocycles. The molecule has 18 heavy (non-hydrogen) atoms. The second-order valence-corrected chi connectivity index (χ2v) is 6.94.